The summed E-state index contributed by atoms with van der Waals surface area (Å²) in [5.41, 5.74) is -0.137. The van der Waals surface area contributed by atoms with Gasteiger partial charge in [-0.05, 0) is 13.0 Å². The number of nitrogens with zero attached hydrogens (tertiary/aromatic N) is 2. The van der Waals surface area contributed by atoms with Crippen molar-refractivity contribution in [2.24, 2.45) is 7.05 Å². The Bertz CT molecular complexity index is 1220. The van der Waals surface area contributed by atoms with Gasteiger partial charge in [0.1, 0.15) is 29.6 Å². The van der Waals surface area contributed by atoms with Crippen LogP contribution in [0.25, 0.3) is 21.2 Å². The molecule has 6 nitrogen and oxygen atoms in total. The molecule has 0 radical (unpaired) electrons. The normalized spacial score (nSPS) is 11.3. The minimum Gasteiger partial charge on any atom is -0.456 e. The number of ether oxygens (including phenoxy) is 1. The Morgan fingerprint density at radius 3 is 2.92 bits per heavy atom. The Morgan fingerprint density at radius 2 is 2.15 bits per heavy atom. The van der Waals surface area contributed by atoms with Crippen LogP contribution in [0.3, 0.4) is 0 Å². The number of carbonyl (C=O) groups is 1. The van der Waals surface area contributed by atoms with Crippen molar-refractivity contribution in [3.05, 3.63) is 62.2 Å². The number of aromatic nitrogens is 2. The Labute approximate surface area is 156 Å². The molecule has 0 atom stereocenters. The molecule has 0 aliphatic rings. The lowest BCUT2D eigenvalue weighted by molar-refractivity contribution is 0.0477. The molecule has 0 unspecified atom stereocenters. The van der Waals surface area contributed by atoms with Crippen LogP contribution >= 0.6 is 22.9 Å². The van der Waals surface area contributed by atoms with Gasteiger partial charge in [-0.25, -0.2) is 9.78 Å². The molecular formula is C18H13ClN2O4S. The topological polar surface area (TPSA) is 74.3 Å². The molecule has 3 aromatic heterocycles. The zero-order valence-electron chi connectivity index (χ0n) is 13.9. The lowest BCUT2D eigenvalue weighted by atomic mass is 10.2. The molecule has 0 saturated heterocycles. The van der Waals surface area contributed by atoms with Crippen LogP contribution < -0.4 is 5.56 Å². The zero-order valence-corrected chi connectivity index (χ0v) is 15.5. The second-order valence-electron chi connectivity index (χ2n) is 5.79. The highest BCUT2D eigenvalue weighted by atomic mass is 35.5. The Balaban J connectivity index is 1.67. The zero-order chi connectivity index (χ0) is 18.4. The Morgan fingerprint density at radius 1 is 1.38 bits per heavy atom. The van der Waals surface area contributed by atoms with Gasteiger partial charge < -0.3 is 13.7 Å². The van der Waals surface area contributed by atoms with E-state index >= 15 is 0 Å². The summed E-state index contributed by atoms with van der Waals surface area (Å²) >= 11 is 7.84. The molecule has 0 N–H and O–H groups in total. The van der Waals surface area contributed by atoms with E-state index in [1.165, 1.54) is 22.2 Å². The lowest BCUT2D eigenvalue weighted by Gasteiger charge is -2.03. The Hall–Kier alpha value is -2.64. The fourth-order valence-electron chi connectivity index (χ4n) is 2.79. The van der Waals surface area contributed by atoms with Gasteiger partial charge in [0, 0.05) is 17.1 Å². The molecule has 4 aromatic rings. The summed E-state index contributed by atoms with van der Waals surface area (Å²) in [5, 5.41) is 1.62. The van der Waals surface area contributed by atoms with Gasteiger partial charge in [-0.3, -0.25) is 4.79 Å². The van der Waals surface area contributed by atoms with E-state index in [0.29, 0.717) is 10.8 Å². The van der Waals surface area contributed by atoms with Gasteiger partial charge in [0.05, 0.1) is 9.90 Å². The molecule has 3 heterocycles. The molecule has 0 spiro atoms. The first-order valence-corrected chi connectivity index (χ1v) is 8.94. The summed E-state index contributed by atoms with van der Waals surface area (Å²) in [6.07, 6.45) is 1.35. The first kappa shape index (κ1) is 16.8. The minimum absolute atomic E-state index is 0.0176. The number of esters is 1. The van der Waals surface area contributed by atoms with Crippen molar-refractivity contribution < 1.29 is 13.9 Å². The SMILES string of the molecule is Cc1oc2ncn(C)c(=O)c2c1C(=O)OCc1sc2ccccc2c1Cl. The van der Waals surface area contributed by atoms with Gasteiger partial charge in [0.25, 0.3) is 5.56 Å². The van der Waals surface area contributed by atoms with E-state index in [-0.39, 0.29) is 28.8 Å². The highest BCUT2D eigenvalue weighted by Gasteiger charge is 2.24. The van der Waals surface area contributed by atoms with Crippen molar-refractivity contribution in [3.63, 3.8) is 0 Å². The van der Waals surface area contributed by atoms with Crippen molar-refractivity contribution in [1.29, 1.82) is 0 Å². The first-order chi connectivity index (χ1) is 12.5. The standard InChI is InChI=1S/C18H13ClN2O4S/c1-9-13(14-16(25-9)20-8-21(2)17(14)22)18(23)24-7-12-15(19)10-5-3-4-6-11(10)26-12/h3-6,8H,7H2,1-2H3. The third-order valence-electron chi connectivity index (χ3n) is 4.09. The van der Waals surface area contributed by atoms with Crippen LogP contribution in [0.1, 0.15) is 21.0 Å². The van der Waals surface area contributed by atoms with Crippen LogP contribution in [-0.4, -0.2) is 15.5 Å². The molecule has 0 bridgehead atoms. The van der Waals surface area contributed by atoms with Crippen LogP contribution in [0.4, 0.5) is 0 Å². The van der Waals surface area contributed by atoms with E-state index in [1.54, 1.807) is 14.0 Å². The predicted molar refractivity (Wildman–Crippen MR) is 99.9 cm³/mol. The molecule has 0 amide bonds. The second-order valence-corrected chi connectivity index (χ2v) is 7.30. The average molecular weight is 389 g/mol. The summed E-state index contributed by atoms with van der Waals surface area (Å²) in [7, 11) is 1.56. The van der Waals surface area contributed by atoms with Crippen molar-refractivity contribution in [1.82, 2.24) is 9.55 Å². The van der Waals surface area contributed by atoms with Gasteiger partial charge in [-0.1, -0.05) is 29.8 Å². The molecule has 0 aliphatic heterocycles. The summed E-state index contributed by atoms with van der Waals surface area (Å²) in [5.74, 6) is -0.344. The predicted octanol–water partition coefficient (Wildman–Crippen LogP) is 4.06. The molecule has 0 aliphatic carbocycles. The van der Waals surface area contributed by atoms with Gasteiger partial charge in [0.2, 0.25) is 5.71 Å². The monoisotopic (exact) mass is 388 g/mol. The maximum Gasteiger partial charge on any atom is 0.342 e. The third kappa shape index (κ3) is 2.60. The van der Waals surface area contributed by atoms with Crippen LogP contribution in [0, 0.1) is 6.92 Å². The van der Waals surface area contributed by atoms with Crippen LogP contribution in [0.15, 0.2) is 39.8 Å². The summed E-state index contributed by atoms with van der Waals surface area (Å²) in [6, 6.07) is 7.71. The molecular weight excluding hydrogens is 376 g/mol. The number of hydrogen-bond acceptors (Lipinski definition) is 6. The molecule has 1 aromatic carbocycles. The van der Waals surface area contributed by atoms with E-state index in [9.17, 15) is 9.59 Å². The van der Waals surface area contributed by atoms with Crippen molar-refractivity contribution >= 4 is 50.1 Å². The van der Waals surface area contributed by atoms with Crippen LogP contribution in [-0.2, 0) is 18.4 Å². The van der Waals surface area contributed by atoms with Crippen molar-refractivity contribution in [3.8, 4) is 0 Å². The maximum absolute atomic E-state index is 12.6. The number of fused-ring (bicyclic) bond motifs is 2. The highest BCUT2D eigenvalue weighted by Crippen LogP contribution is 2.35. The van der Waals surface area contributed by atoms with Gasteiger partial charge >= 0.3 is 5.97 Å². The number of furan rings is 1. The fourth-order valence-corrected chi connectivity index (χ4v) is 4.19. The fraction of sp³-hybridized carbons (Fsp3) is 0.167. The smallest absolute Gasteiger partial charge is 0.342 e. The average Bonchev–Trinajstić information content (AvgIpc) is 3.14. The molecule has 8 heteroatoms. The van der Waals surface area contributed by atoms with Crippen LogP contribution in [0.2, 0.25) is 5.02 Å². The number of carbonyl (C=O) groups excluding carboxylic acids is 1. The number of aryl methyl sites for hydroxylation is 2. The third-order valence-corrected chi connectivity index (χ3v) is 5.78. The number of hydrogen-bond donors (Lipinski definition) is 0. The highest BCUT2D eigenvalue weighted by molar-refractivity contribution is 7.19. The number of halogens is 1. The molecule has 26 heavy (non-hydrogen) atoms. The number of thiophene rings is 1. The quantitative estimate of drug-likeness (QED) is 0.495. The summed E-state index contributed by atoms with van der Waals surface area (Å²) in [6.45, 7) is 1.62. The maximum atomic E-state index is 12.6. The number of benzene rings is 1. The van der Waals surface area contributed by atoms with Gasteiger partial charge in [-0.15, -0.1) is 11.3 Å². The van der Waals surface area contributed by atoms with Crippen LogP contribution in [0.5, 0.6) is 0 Å². The van der Waals surface area contributed by atoms with E-state index in [1.807, 2.05) is 24.3 Å². The molecule has 132 valence electrons. The van der Waals surface area contributed by atoms with E-state index in [4.69, 9.17) is 20.8 Å². The largest absolute Gasteiger partial charge is 0.456 e. The van der Waals surface area contributed by atoms with Crippen molar-refractivity contribution in [2.45, 2.75) is 13.5 Å². The van der Waals surface area contributed by atoms with E-state index < -0.39 is 5.97 Å². The second kappa shape index (κ2) is 6.26. The lowest BCUT2D eigenvalue weighted by Crippen LogP contribution is -2.19. The number of rotatable bonds is 3. The summed E-state index contributed by atoms with van der Waals surface area (Å²) < 4.78 is 13.2. The first-order valence-electron chi connectivity index (χ1n) is 7.75. The minimum atomic E-state index is -0.639. The summed E-state index contributed by atoms with van der Waals surface area (Å²) in [4.78, 5) is 29.7. The van der Waals surface area contributed by atoms with Crippen molar-refractivity contribution in [2.75, 3.05) is 0 Å². The molecule has 4 rings (SSSR count). The molecule has 0 saturated carbocycles. The van der Waals surface area contributed by atoms with E-state index in [0.717, 1.165) is 15.0 Å². The molecule has 0 fully saturated rings. The van der Waals surface area contributed by atoms with E-state index in [2.05, 4.69) is 4.98 Å². The van der Waals surface area contributed by atoms with Gasteiger partial charge in [-0.2, -0.15) is 0 Å². The van der Waals surface area contributed by atoms with Gasteiger partial charge in [0.15, 0.2) is 0 Å². The Kier molecular flexibility index (Phi) is 4.05.